The fourth-order valence-corrected chi connectivity index (χ4v) is 5.91. The van der Waals surface area contributed by atoms with Gasteiger partial charge in [-0.05, 0) is 50.6 Å². The minimum absolute atomic E-state index is 0.0179. The number of amides is 1. The molecule has 0 bridgehead atoms. The van der Waals surface area contributed by atoms with E-state index >= 15 is 0 Å². The van der Waals surface area contributed by atoms with Crippen molar-refractivity contribution in [2.24, 2.45) is 0 Å². The highest BCUT2D eigenvalue weighted by Crippen LogP contribution is 2.32. The number of aryl methyl sites for hydroxylation is 1. The van der Waals surface area contributed by atoms with E-state index in [0.717, 1.165) is 5.56 Å². The van der Waals surface area contributed by atoms with Crippen LogP contribution in [-0.4, -0.2) is 67.5 Å². The molecule has 9 nitrogen and oxygen atoms in total. The van der Waals surface area contributed by atoms with Crippen molar-refractivity contribution in [1.29, 1.82) is 0 Å². The van der Waals surface area contributed by atoms with Gasteiger partial charge in [0.2, 0.25) is 0 Å². The van der Waals surface area contributed by atoms with Crippen molar-refractivity contribution in [3.05, 3.63) is 41.6 Å². The maximum atomic E-state index is 13.3. The Morgan fingerprint density at radius 3 is 2.61 bits per heavy atom. The van der Waals surface area contributed by atoms with E-state index in [-0.39, 0.29) is 29.5 Å². The first-order valence-corrected chi connectivity index (χ1v) is 12.6. The summed E-state index contributed by atoms with van der Waals surface area (Å²) in [4.78, 5) is 18.1. The minimum atomic E-state index is -3.12. The molecule has 1 aliphatic rings. The van der Waals surface area contributed by atoms with Crippen LogP contribution in [0.4, 0.5) is 0 Å². The lowest BCUT2D eigenvalue weighted by atomic mass is 10.0. The lowest BCUT2D eigenvalue weighted by Gasteiger charge is -2.15. The first kappa shape index (κ1) is 23.2. The van der Waals surface area contributed by atoms with E-state index in [1.807, 2.05) is 38.1 Å². The highest BCUT2D eigenvalue weighted by molar-refractivity contribution is 7.91. The van der Waals surface area contributed by atoms with Gasteiger partial charge in [0.15, 0.2) is 15.5 Å². The first-order chi connectivity index (χ1) is 15.7. The molecular weight excluding hydrogens is 444 g/mol. The average Bonchev–Trinajstić information content (AvgIpc) is 3.32. The molecule has 33 heavy (non-hydrogen) atoms. The molecule has 176 valence electrons. The van der Waals surface area contributed by atoms with Crippen molar-refractivity contribution in [2.75, 3.05) is 32.3 Å². The number of sulfone groups is 1. The third-order valence-electron chi connectivity index (χ3n) is 5.82. The Balaban J connectivity index is 1.87. The predicted octanol–water partition coefficient (Wildman–Crippen LogP) is 2.54. The zero-order valence-electron chi connectivity index (χ0n) is 19.2. The van der Waals surface area contributed by atoms with E-state index < -0.39 is 9.84 Å². The van der Waals surface area contributed by atoms with Crippen LogP contribution in [0.15, 0.2) is 30.3 Å². The van der Waals surface area contributed by atoms with Gasteiger partial charge in [-0.2, -0.15) is 5.10 Å². The second kappa shape index (κ2) is 9.11. The third-order valence-corrected chi connectivity index (χ3v) is 7.57. The van der Waals surface area contributed by atoms with Crippen LogP contribution in [0, 0.1) is 6.92 Å². The number of aromatic nitrogens is 3. The second-order valence-electron chi connectivity index (χ2n) is 8.40. The van der Waals surface area contributed by atoms with Crippen molar-refractivity contribution >= 4 is 26.8 Å². The molecule has 0 saturated carbocycles. The number of ether oxygens (including phenoxy) is 2. The summed E-state index contributed by atoms with van der Waals surface area (Å²) in [6.07, 6.45) is 0.472. The number of methoxy groups -OCH3 is 2. The lowest BCUT2D eigenvalue weighted by molar-refractivity contribution is 0.0907. The first-order valence-electron chi connectivity index (χ1n) is 10.8. The fourth-order valence-electron chi connectivity index (χ4n) is 4.22. The van der Waals surface area contributed by atoms with E-state index in [1.165, 1.54) is 0 Å². The average molecular weight is 473 g/mol. The third kappa shape index (κ3) is 4.72. The molecular formula is C23H28N4O5S. The highest BCUT2D eigenvalue weighted by Gasteiger charge is 2.32. The zero-order valence-corrected chi connectivity index (χ0v) is 20.0. The Kier molecular flexibility index (Phi) is 6.40. The number of rotatable bonds is 7. The van der Waals surface area contributed by atoms with Crippen molar-refractivity contribution in [3.63, 3.8) is 0 Å². The number of fused-ring (bicyclic) bond motifs is 1. The molecule has 1 fully saturated rings. The summed E-state index contributed by atoms with van der Waals surface area (Å²) < 4.78 is 36.3. The number of nitrogens with zero attached hydrogens (tertiary/aromatic N) is 3. The molecule has 0 radical (unpaired) electrons. The normalized spacial score (nSPS) is 18.4. The summed E-state index contributed by atoms with van der Waals surface area (Å²) in [6, 6.07) is 8.65. The van der Waals surface area contributed by atoms with Crippen LogP contribution in [0.5, 0.6) is 5.75 Å². The Hall–Kier alpha value is -2.98. The van der Waals surface area contributed by atoms with Gasteiger partial charge < -0.3 is 14.8 Å². The molecule has 0 aliphatic carbocycles. The Labute approximate surface area is 193 Å². The van der Waals surface area contributed by atoms with Crippen LogP contribution in [0.1, 0.15) is 35.4 Å². The molecule has 1 N–H and O–H groups in total. The summed E-state index contributed by atoms with van der Waals surface area (Å²) in [7, 11) is 0.0620. The number of carbonyl (C=O) groups excluding carboxylic acids is 1. The van der Waals surface area contributed by atoms with Crippen LogP contribution in [0.25, 0.3) is 22.3 Å². The van der Waals surface area contributed by atoms with Crippen LogP contribution in [0.3, 0.4) is 0 Å². The van der Waals surface area contributed by atoms with Crippen molar-refractivity contribution < 1.29 is 22.7 Å². The number of pyridine rings is 1. The smallest absolute Gasteiger partial charge is 0.252 e. The van der Waals surface area contributed by atoms with Crippen molar-refractivity contribution in [1.82, 2.24) is 20.1 Å². The molecule has 1 aromatic carbocycles. The quantitative estimate of drug-likeness (QED) is 0.562. The molecule has 0 spiro atoms. The maximum absolute atomic E-state index is 13.3. The minimum Gasteiger partial charge on any atom is -0.497 e. The van der Waals surface area contributed by atoms with Gasteiger partial charge in [-0.25, -0.2) is 18.1 Å². The summed E-state index contributed by atoms with van der Waals surface area (Å²) in [5.74, 6) is 0.592. The van der Waals surface area contributed by atoms with Gasteiger partial charge in [0.25, 0.3) is 5.91 Å². The number of carbonyl (C=O) groups is 1. The van der Waals surface area contributed by atoms with Gasteiger partial charge in [0.05, 0.1) is 53.6 Å². The molecule has 3 aromatic rings. The summed E-state index contributed by atoms with van der Waals surface area (Å²) >= 11 is 0. The van der Waals surface area contributed by atoms with E-state index in [9.17, 15) is 13.2 Å². The predicted molar refractivity (Wildman–Crippen MR) is 125 cm³/mol. The Bertz CT molecular complexity index is 1280. The van der Waals surface area contributed by atoms with E-state index in [4.69, 9.17) is 14.5 Å². The monoisotopic (exact) mass is 472 g/mol. The van der Waals surface area contributed by atoms with Gasteiger partial charge in [0, 0.05) is 18.7 Å². The van der Waals surface area contributed by atoms with Gasteiger partial charge >= 0.3 is 0 Å². The molecule has 4 rings (SSSR count). The van der Waals surface area contributed by atoms with Crippen molar-refractivity contribution in [2.45, 2.75) is 32.4 Å². The van der Waals surface area contributed by atoms with Gasteiger partial charge in [-0.3, -0.25) is 4.79 Å². The Morgan fingerprint density at radius 2 is 2.00 bits per heavy atom. The molecule has 1 amide bonds. The molecule has 1 saturated heterocycles. The van der Waals surface area contributed by atoms with Gasteiger partial charge in [0.1, 0.15) is 5.75 Å². The molecule has 0 unspecified atom stereocenters. The molecule has 2 aromatic heterocycles. The highest BCUT2D eigenvalue weighted by atomic mass is 32.2. The number of hydrogen-bond donors (Lipinski definition) is 1. The summed E-state index contributed by atoms with van der Waals surface area (Å²) in [5.41, 5.74) is 2.98. The maximum Gasteiger partial charge on any atom is 0.252 e. The van der Waals surface area contributed by atoms with Crippen LogP contribution in [0.2, 0.25) is 0 Å². The van der Waals surface area contributed by atoms with Gasteiger partial charge in [-0.15, -0.1) is 0 Å². The molecule has 1 aliphatic heterocycles. The van der Waals surface area contributed by atoms with Crippen LogP contribution in [-0.2, 0) is 14.6 Å². The summed E-state index contributed by atoms with van der Waals surface area (Å²) in [6.45, 7) is 4.06. The van der Waals surface area contributed by atoms with Crippen LogP contribution >= 0.6 is 0 Å². The standard InChI is InChI=1S/C23H28N4O5S/c1-14(12-31-3)24-23(28)19-11-20(16-5-7-18(32-4)8-6-16)25-22-21(19)15(2)26-27(22)17-9-10-33(29,30)13-17/h5-8,11,14,17H,9-10,12-13H2,1-4H3,(H,24,28)/t14-,17-/m0/s1. The van der Waals surface area contributed by atoms with Crippen molar-refractivity contribution in [3.8, 4) is 17.0 Å². The topological polar surface area (TPSA) is 112 Å². The lowest BCUT2D eigenvalue weighted by Crippen LogP contribution is -2.35. The van der Waals surface area contributed by atoms with E-state index in [2.05, 4.69) is 10.4 Å². The van der Waals surface area contributed by atoms with E-state index in [0.29, 0.717) is 46.8 Å². The Morgan fingerprint density at radius 1 is 1.27 bits per heavy atom. The van der Waals surface area contributed by atoms with E-state index in [1.54, 1.807) is 25.0 Å². The number of benzene rings is 1. The molecule has 3 heterocycles. The molecule has 2 atom stereocenters. The van der Waals surface area contributed by atoms with Crippen LogP contribution < -0.4 is 10.1 Å². The number of nitrogens with one attached hydrogen (secondary N) is 1. The molecule has 10 heteroatoms. The SMILES string of the molecule is COC[C@H](C)NC(=O)c1cc(-c2ccc(OC)cc2)nc2c1c(C)nn2[C@H]1CCS(=O)(=O)C1. The zero-order chi connectivity index (χ0) is 23.8. The largest absolute Gasteiger partial charge is 0.497 e. The number of hydrogen-bond acceptors (Lipinski definition) is 7. The second-order valence-corrected chi connectivity index (χ2v) is 10.6. The summed E-state index contributed by atoms with van der Waals surface area (Å²) in [5, 5.41) is 8.21. The fraction of sp³-hybridized carbons (Fsp3) is 0.435. The van der Waals surface area contributed by atoms with Gasteiger partial charge in [-0.1, -0.05) is 0 Å².